The lowest BCUT2D eigenvalue weighted by atomic mass is 10.1. The lowest BCUT2D eigenvalue weighted by Gasteiger charge is -2.09. The van der Waals surface area contributed by atoms with E-state index in [1.807, 2.05) is 6.07 Å². The van der Waals surface area contributed by atoms with Crippen LogP contribution in [0.4, 0.5) is 4.39 Å². The molecule has 0 aliphatic heterocycles. The fourth-order valence-electron chi connectivity index (χ4n) is 1.39. The first-order chi connectivity index (χ1) is 8.15. The Balaban J connectivity index is 2.60. The van der Waals surface area contributed by atoms with E-state index in [0.717, 1.165) is 6.42 Å². The molecule has 0 bridgehead atoms. The first kappa shape index (κ1) is 13.2. The van der Waals surface area contributed by atoms with Gasteiger partial charge in [0.1, 0.15) is 11.6 Å². The Morgan fingerprint density at radius 3 is 2.88 bits per heavy atom. The number of hydrogen-bond acceptors (Lipinski definition) is 3. The van der Waals surface area contributed by atoms with Crippen LogP contribution in [0.3, 0.4) is 0 Å². The van der Waals surface area contributed by atoms with Crippen molar-refractivity contribution in [2.24, 2.45) is 0 Å². The number of hydrogen-bond donors (Lipinski definition) is 0. The standard InChI is InChI=1S/C13H14FNO2/c1-10(16)12-6-5-11(14)9-13(12)17-8-4-2-3-7-15/h5-6,9H,2-4,8H2,1H3. The maximum Gasteiger partial charge on any atom is 0.163 e. The van der Waals surface area contributed by atoms with E-state index in [0.29, 0.717) is 25.0 Å². The molecule has 0 heterocycles. The van der Waals surface area contributed by atoms with Gasteiger partial charge >= 0.3 is 0 Å². The molecule has 3 nitrogen and oxygen atoms in total. The van der Waals surface area contributed by atoms with Gasteiger partial charge in [0.05, 0.1) is 18.2 Å². The Kier molecular flexibility index (Phi) is 5.15. The van der Waals surface area contributed by atoms with E-state index in [9.17, 15) is 9.18 Å². The van der Waals surface area contributed by atoms with Crippen molar-refractivity contribution >= 4 is 5.78 Å². The molecule has 0 radical (unpaired) electrons. The Hall–Kier alpha value is -1.89. The van der Waals surface area contributed by atoms with Crippen molar-refractivity contribution in [2.75, 3.05) is 6.61 Å². The summed E-state index contributed by atoms with van der Waals surface area (Å²) in [5.74, 6) is -0.312. The van der Waals surface area contributed by atoms with Gasteiger partial charge in [0.25, 0.3) is 0 Å². The SMILES string of the molecule is CC(=O)c1ccc(F)cc1OCCCCC#N. The molecule has 1 rings (SSSR count). The van der Waals surface area contributed by atoms with E-state index < -0.39 is 5.82 Å². The molecule has 0 aliphatic carbocycles. The maximum absolute atomic E-state index is 13.0. The fourth-order valence-corrected chi connectivity index (χ4v) is 1.39. The van der Waals surface area contributed by atoms with Crippen LogP contribution in [-0.2, 0) is 0 Å². The summed E-state index contributed by atoms with van der Waals surface area (Å²) in [5.41, 5.74) is 0.381. The number of nitrogens with zero attached hydrogens (tertiary/aromatic N) is 1. The van der Waals surface area contributed by atoms with E-state index >= 15 is 0 Å². The largest absolute Gasteiger partial charge is 0.493 e. The van der Waals surface area contributed by atoms with Gasteiger partial charge in [0, 0.05) is 12.5 Å². The van der Waals surface area contributed by atoms with Gasteiger partial charge < -0.3 is 4.74 Å². The molecule has 0 unspecified atom stereocenters. The van der Waals surface area contributed by atoms with Crippen molar-refractivity contribution < 1.29 is 13.9 Å². The number of Topliss-reactive ketones (excluding diaryl/α,β-unsaturated/α-hetero) is 1. The number of carbonyl (C=O) groups is 1. The number of benzene rings is 1. The molecule has 0 fully saturated rings. The highest BCUT2D eigenvalue weighted by atomic mass is 19.1. The average Bonchev–Trinajstić information content (AvgIpc) is 2.28. The zero-order chi connectivity index (χ0) is 12.7. The molecule has 1 aromatic carbocycles. The lowest BCUT2D eigenvalue weighted by Crippen LogP contribution is -2.03. The zero-order valence-corrected chi connectivity index (χ0v) is 9.70. The van der Waals surface area contributed by atoms with E-state index in [1.54, 1.807) is 0 Å². The van der Waals surface area contributed by atoms with Crippen molar-refractivity contribution in [1.29, 1.82) is 5.26 Å². The van der Waals surface area contributed by atoms with Crippen LogP contribution in [0.1, 0.15) is 36.5 Å². The second-order valence-electron chi connectivity index (χ2n) is 3.66. The molecule has 0 aromatic heterocycles. The van der Waals surface area contributed by atoms with E-state index in [1.165, 1.54) is 25.1 Å². The van der Waals surface area contributed by atoms with Crippen molar-refractivity contribution in [3.8, 4) is 11.8 Å². The van der Waals surface area contributed by atoms with Gasteiger partial charge in [-0.3, -0.25) is 4.79 Å². The van der Waals surface area contributed by atoms with Gasteiger partial charge in [-0.15, -0.1) is 0 Å². The second-order valence-corrected chi connectivity index (χ2v) is 3.66. The van der Waals surface area contributed by atoms with E-state index in [4.69, 9.17) is 10.00 Å². The Labute approximate surface area is 99.8 Å². The summed E-state index contributed by atoms with van der Waals surface area (Å²) in [6.45, 7) is 1.79. The minimum Gasteiger partial charge on any atom is -0.493 e. The first-order valence-corrected chi connectivity index (χ1v) is 5.45. The number of rotatable bonds is 6. The quantitative estimate of drug-likeness (QED) is 0.562. The Morgan fingerprint density at radius 1 is 1.47 bits per heavy atom. The summed E-state index contributed by atoms with van der Waals surface area (Å²) in [5, 5.41) is 8.35. The maximum atomic E-state index is 13.0. The molecular formula is C13H14FNO2. The third-order valence-corrected chi connectivity index (χ3v) is 2.26. The van der Waals surface area contributed by atoms with Crippen LogP contribution < -0.4 is 4.74 Å². The summed E-state index contributed by atoms with van der Waals surface area (Å²) in [6.07, 6.45) is 1.93. The van der Waals surface area contributed by atoms with Gasteiger partial charge in [-0.25, -0.2) is 4.39 Å². The minimum absolute atomic E-state index is 0.156. The van der Waals surface area contributed by atoms with Gasteiger partial charge in [-0.1, -0.05) is 0 Å². The summed E-state index contributed by atoms with van der Waals surface area (Å²) >= 11 is 0. The molecule has 4 heteroatoms. The van der Waals surface area contributed by atoms with Crippen LogP contribution in [0.15, 0.2) is 18.2 Å². The van der Waals surface area contributed by atoms with Crippen LogP contribution in [-0.4, -0.2) is 12.4 Å². The van der Waals surface area contributed by atoms with Crippen LogP contribution in [0.5, 0.6) is 5.75 Å². The Bertz CT molecular complexity index is 438. The summed E-state index contributed by atoms with van der Waals surface area (Å²) < 4.78 is 18.4. The van der Waals surface area contributed by atoms with Crippen molar-refractivity contribution in [3.63, 3.8) is 0 Å². The topological polar surface area (TPSA) is 50.1 Å². The molecule has 0 saturated heterocycles. The van der Waals surface area contributed by atoms with Gasteiger partial charge in [-0.05, 0) is 31.9 Å². The van der Waals surface area contributed by atoms with Crippen LogP contribution in [0.2, 0.25) is 0 Å². The Morgan fingerprint density at radius 2 is 2.24 bits per heavy atom. The third-order valence-electron chi connectivity index (χ3n) is 2.26. The highest BCUT2D eigenvalue weighted by molar-refractivity contribution is 5.96. The molecule has 0 N–H and O–H groups in total. The van der Waals surface area contributed by atoms with E-state index in [-0.39, 0.29) is 11.5 Å². The number of nitriles is 1. The highest BCUT2D eigenvalue weighted by Gasteiger charge is 2.09. The third kappa shape index (κ3) is 4.23. The predicted octanol–water partition coefficient (Wildman–Crippen LogP) is 3.10. The first-order valence-electron chi connectivity index (χ1n) is 5.45. The number of ketones is 1. The van der Waals surface area contributed by atoms with Gasteiger partial charge in [0.2, 0.25) is 0 Å². The monoisotopic (exact) mass is 235 g/mol. The second kappa shape index (κ2) is 6.64. The van der Waals surface area contributed by atoms with Crippen LogP contribution in [0, 0.1) is 17.1 Å². The smallest absolute Gasteiger partial charge is 0.163 e. The summed E-state index contributed by atoms with van der Waals surface area (Å²) in [7, 11) is 0. The number of unbranched alkanes of at least 4 members (excludes halogenated alkanes) is 2. The van der Waals surface area contributed by atoms with E-state index in [2.05, 4.69) is 0 Å². The molecule has 17 heavy (non-hydrogen) atoms. The number of carbonyl (C=O) groups excluding carboxylic acids is 1. The van der Waals surface area contributed by atoms with Gasteiger partial charge in [0.15, 0.2) is 5.78 Å². The summed E-state index contributed by atoms with van der Waals surface area (Å²) in [6, 6.07) is 5.90. The predicted molar refractivity (Wildman–Crippen MR) is 61.4 cm³/mol. The van der Waals surface area contributed by atoms with Crippen molar-refractivity contribution in [2.45, 2.75) is 26.2 Å². The van der Waals surface area contributed by atoms with Gasteiger partial charge in [-0.2, -0.15) is 5.26 Å². The number of ether oxygens (including phenoxy) is 1. The van der Waals surface area contributed by atoms with Crippen molar-refractivity contribution in [3.05, 3.63) is 29.6 Å². The zero-order valence-electron chi connectivity index (χ0n) is 9.70. The molecule has 0 spiro atoms. The summed E-state index contributed by atoms with van der Waals surface area (Å²) in [4.78, 5) is 11.3. The molecule has 1 aromatic rings. The molecule has 0 aliphatic rings. The highest BCUT2D eigenvalue weighted by Crippen LogP contribution is 2.20. The van der Waals surface area contributed by atoms with Crippen molar-refractivity contribution in [1.82, 2.24) is 0 Å². The average molecular weight is 235 g/mol. The molecule has 0 amide bonds. The fraction of sp³-hybridized carbons (Fsp3) is 0.385. The molecule has 90 valence electrons. The minimum atomic E-state index is -0.429. The lowest BCUT2D eigenvalue weighted by molar-refractivity contribution is 0.101. The van der Waals surface area contributed by atoms with Crippen LogP contribution in [0.25, 0.3) is 0 Å². The number of halogens is 1. The molecule has 0 atom stereocenters. The molecular weight excluding hydrogens is 221 g/mol. The molecule has 0 saturated carbocycles. The normalized spacial score (nSPS) is 9.71. The van der Waals surface area contributed by atoms with Crippen LogP contribution >= 0.6 is 0 Å².